The van der Waals surface area contributed by atoms with Crippen LogP contribution in [0.2, 0.25) is 0 Å². The van der Waals surface area contributed by atoms with Crippen molar-refractivity contribution in [2.24, 2.45) is 5.92 Å². The monoisotopic (exact) mass is 312 g/mol. The highest BCUT2D eigenvalue weighted by molar-refractivity contribution is 8.00. The molecule has 1 heterocycles. The van der Waals surface area contributed by atoms with Gasteiger partial charge in [0.05, 0.1) is 12.2 Å². The molecule has 2 rings (SSSR count). The van der Waals surface area contributed by atoms with Crippen molar-refractivity contribution in [3.63, 3.8) is 0 Å². The van der Waals surface area contributed by atoms with Crippen LogP contribution in [0.25, 0.3) is 0 Å². The normalized spacial score (nSPS) is 28.2. The molecule has 0 aromatic heterocycles. The molecule has 122 valence electrons. The van der Waals surface area contributed by atoms with Crippen LogP contribution >= 0.6 is 11.8 Å². The fourth-order valence-electron chi connectivity index (χ4n) is 3.50. The molecule has 1 N–H and O–H groups in total. The second kappa shape index (κ2) is 7.36. The second-order valence-electron chi connectivity index (χ2n) is 7.21. The van der Waals surface area contributed by atoms with Gasteiger partial charge in [0.25, 0.3) is 0 Å². The molecule has 1 aliphatic heterocycles. The number of nitrogens with zero attached hydrogens (tertiary/aromatic N) is 1. The first-order valence-electron chi connectivity index (χ1n) is 8.63. The zero-order chi connectivity index (χ0) is 15.5. The van der Waals surface area contributed by atoms with Crippen LogP contribution in [-0.4, -0.2) is 40.6 Å². The Morgan fingerprint density at radius 2 is 2.14 bits per heavy atom. The van der Waals surface area contributed by atoms with E-state index in [1.807, 2.05) is 11.8 Å². The third-order valence-electron chi connectivity index (χ3n) is 5.05. The topological polar surface area (TPSA) is 32.3 Å². The Hall–Kier alpha value is -0.220. The van der Waals surface area contributed by atoms with E-state index in [0.29, 0.717) is 16.6 Å². The molecular weight excluding hydrogens is 280 g/mol. The number of carbonyl (C=O) groups excluding carboxylic acids is 1. The molecule has 2 atom stereocenters. The Kier molecular flexibility index (Phi) is 6.01. The van der Waals surface area contributed by atoms with Gasteiger partial charge in [0, 0.05) is 11.3 Å². The van der Waals surface area contributed by atoms with Crippen molar-refractivity contribution in [1.29, 1.82) is 0 Å². The molecule has 0 radical (unpaired) electrons. The van der Waals surface area contributed by atoms with Crippen molar-refractivity contribution in [3.05, 3.63) is 0 Å². The molecule has 0 aromatic carbocycles. The number of amides is 1. The number of hydrogen-bond acceptors (Lipinski definition) is 3. The zero-order valence-electron chi connectivity index (χ0n) is 14.2. The Labute approximate surface area is 134 Å². The molecule has 1 saturated heterocycles. The molecule has 1 saturated carbocycles. The van der Waals surface area contributed by atoms with E-state index in [9.17, 15) is 4.79 Å². The van der Waals surface area contributed by atoms with Crippen LogP contribution < -0.4 is 5.32 Å². The summed E-state index contributed by atoms with van der Waals surface area (Å²) >= 11 is 1.97. The summed E-state index contributed by atoms with van der Waals surface area (Å²) in [6.07, 6.45) is 10.7. The minimum absolute atomic E-state index is 0.0627. The molecule has 21 heavy (non-hydrogen) atoms. The molecular formula is C17H32N2OS. The summed E-state index contributed by atoms with van der Waals surface area (Å²) in [6, 6.07) is 0.0627. The number of unbranched alkanes of at least 4 members (excludes halogenated alkanes) is 1. The van der Waals surface area contributed by atoms with Gasteiger partial charge in [-0.3, -0.25) is 10.1 Å². The summed E-state index contributed by atoms with van der Waals surface area (Å²) in [5, 5.41) is 3.62. The van der Waals surface area contributed by atoms with E-state index in [4.69, 9.17) is 0 Å². The number of nitrogens with one attached hydrogen (secondary N) is 1. The van der Waals surface area contributed by atoms with E-state index in [0.717, 1.165) is 32.2 Å². The summed E-state index contributed by atoms with van der Waals surface area (Å²) in [7, 11) is 0. The lowest BCUT2D eigenvalue weighted by Gasteiger charge is -2.44. The Morgan fingerprint density at radius 1 is 1.43 bits per heavy atom. The predicted octanol–water partition coefficient (Wildman–Crippen LogP) is 3.63. The van der Waals surface area contributed by atoms with E-state index in [1.54, 1.807) is 0 Å². The van der Waals surface area contributed by atoms with Crippen molar-refractivity contribution in [3.8, 4) is 0 Å². The SMILES string of the molecule is CCCCC1NC(CC(C)C)N(CC2(SC)CCC2)C1=O. The van der Waals surface area contributed by atoms with Gasteiger partial charge in [-0.05, 0) is 37.9 Å². The van der Waals surface area contributed by atoms with Crippen LogP contribution in [-0.2, 0) is 4.79 Å². The first-order valence-corrected chi connectivity index (χ1v) is 9.85. The van der Waals surface area contributed by atoms with Crippen molar-refractivity contribution < 1.29 is 4.79 Å². The second-order valence-corrected chi connectivity index (χ2v) is 8.49. The lowest BCUT2D eigenvalue weighted by Crippen LogP contribution is -2.50. The first kappa shape index (κ1) is 17.1. The fraction of sp³-hybridized carbons (Fsp3) is 0.941. The van der Waals surface area contributed by atoms with Crippen molar-refractivity contribution >= 4 is 17.7 Å². The van der Waals surface area contributed by atoms with E-state index in [2.05, 4.69) is 37.2 Å². The van der Waals surface area contributed by atoms with Gasteiger partial charge >= 0.3 is 0 Å². The van der Waals surface area contributed by atoms with Crippen LogP contribution in [0.15, 0.2) is 0 Å². The number of hydrogen-bond donors (Lipinski definition) is 1. The molecule has 0 spiro atoms. The molecule has 1 aliphatic carbocycles. The Balaban J connectivity index is 2.04. The molecule has 2 fully saturated rings. The molecule has 2 aliphatic rings. The Bertz CT molecular complexity index is 349. The van der Waals surface area contributed by atoms with E-state index in [-0.39, 0.29) is 12.2 Å². The van der Waals surface area contributed by atoms with Gasteiger partial charge in [0.15, 0.2) is 0 Å². The van der Waals surface area contributed by atoms with Gasteiger partial charge in [-0.2, -0.15) is 11.8 Å². The molecule has 3 nitrogen and oxygen atoms in total. The van der Waals surface area contributed by atoms with E-state index >= 15 is 0 Å². The summed E-state index contributed by atoms with van der Waals surface area (Å²) in [4.78, 5) is 15.0. The minimum Gasteiger partial charge on any atom is -0.324 e. The zero-order valence-corrected chi connectivity index (χ0v) is 15.0. The molecule has 0 bridgehead atoms. The summed E-state index contributed by atoms with van der Waals surface area (Å²) < 4.78 is 0.339. The molecule has 2 unspecified atom stereocenters. The van der Waals surface area contributed by atoms with Crippen LogP contribution in [0.4, 0.5) is 0 Å². The summed E-state index contributed by atoms with van der Waals surface area (Å²) in [5.41, 5.74) is 0. The van der Waals surface area contributed by atoms with Crippen molar-refractivity contribution in [2.45, 2.75) is 82.7 Å². The lowest BCUT2D eigenvalue weighted by atomic mass is 9.83. The predicted molar refractivity (Wildman–Crippen MR) is 91.5 cm³/mol. The van der Waals surface area contributed by atoms with Crippen LogP contribution in [0.3, 0.4) is 0 Å². The maximum Gasteiger partial charge on any atom is 0.241 e. The lowest BCUT2D eigenvalue weighted by molar-refractivity contribution is -0.131. The van der Waals surface area contributed by atoms with E-state index in [1.165, 1.54) is 19.3 Å². The Morgan fingerprint density at radius 3 is 2.62 bits per heavy atom. The molecule has 1 amide bonds. The largest absolute Gasteiger partial charge is 0.324 e. The molecule has 0 aromatic rings. The van der Waals surface area contributed by atoms with Gasteiger partial charge in [0.1, 0.15) is 0 Å². The summed E-state index contributed by atoms with van der Waals surface area (Å²) in [6.45, 7) is 7.63. The van der Waals surface area contributed by atoms with E-state index < -0.39 is 0 Å². The quantitative estimate of drug-likeness (QED) is 0.743. The maximum atomic E-state index is 12.8. The minimum atomic E-state index is 0.0627. The van der Waals surface area contributed by atoms with Gasteiger partial charge < -0.3 is 4.90 Å². The average molecular weight is 313 g/mol. The smallest absolute Gasteiger partial charge is 0.241 e. The van der Waals surface area contributed by atoms with Crippen LogP contribution in [0.1, 0.15) is 65.7 Å². The first-order chi connectivity index (χ1) is 10.0. The number of carbonyl (C=O) groups is 1. The highest BCUT2D eigenvalue weighted by atomic mass is 32.2. The van der Waals surface area contributed by atoms with Crippen molar-refractivity contribution in [1.82, 2.24) is 10.2 Å². The van der Waals surface area contributed by atoms with Gasteiger partial charge in [-0.1, -0.05) is 40.0 Å². The fourth-order valence-corrected chi connectivity index (χ4v) is 4.47. The van der Waals surface area contributed by atoms with Crippen LogP contribution in [0.5, 0.6) is 0 Å². The standard InChI is InChI=1S/C17H32N2OS/c1-5-6-8-14-16(20)19(15(18-14)11-13(2)3)12-17(21-4)9-7-10-17/h13-15,18H,5-12H2,1-4H3. The van der Waals surface area contributed by atoms with Gasteiger partial charge in [-0.25, -0.2) is 0 Å². The highest BCUT2D eigenvalue weighted by Gasteiger charge is 2.45. The van der Waals surface area contributed by atoms with Crippen LogP contribution in [0, 0.1) is 5.92 Å². The van der Waals surface area contributed by atoms with Crippen molar-refractivity contribution in [2.75, 3.05) is 12.8 Å². The third-order valence-corrected chi connectivity index (χ3v) is 6.45. The number of rotatable bonds is 8. The average Bonchev–Trinajstić information content (AvgIpc) is 2.67. The highest BCUT2D eigenvalue weighted by Crippen LogP contribution is 2.44. The molecule has 4 heteroatoms. The third kappa shape index (κ3) is 3.95. The summed E-state index contributed by atoms with van der Waals surface area (Å²) in [5.74, 6) is 0.976. The van der Waals surface area contributed by atoms with Gasteiger partial charge in [0.2, 0.25) is 5.91 Å². The number of thioether (sulfide) groups is 1. The maximum absolute atomic E-state index is 12.8. The van der Waals surface area contributed by atoms with Gasteiger partial charge in [-0.15, -0.1) is 0 Å².